The second-order valence-electron chi connectivity index (χ2n) is 15.0. The fourth-order valence-electron chi connectivity index (χ4n) is 8.88. The standard InChI is InChI=1S/C54H37N/c1-3-11-36(12-4-1)39-21-24-50(25-22-39)55(51-26-23-38-15-7-8-17-41(38)33-51)53-35-47(31-49-32-48-29-40-16-9-10-18-42(40)34-52(48)54(49)53)44-20-19-43-27-45(30-46(43)28-44)37-13-5-2-6-14-37/h1-26,28-31,33-35H,27,32H2. The number of hydrogen-bond acceptors (Lipinski definition) is 1. The summed E-state index contributed by atoms with van der Waals surface area (Å²) in [6, 6.07) is 71.7. The van der Waals surface area contributed by atoms with Gasteiger partial charge >= 0.3 is 0 Å². The molecule has 0 spiro atoms. The van der Waals surface area contributed by atoms with E-state index in [9.17, 15) is 0 Å². The number of benzene rings is 9. The van der Waals surface area contributed by atoms with Gasteiger partial charge in [0.05, 0.1) is 5.69 Å². The third kappa shape index (κ3) is 5.56. The van der Waals surface area contributed by atoms with E-state index in [4.69, 9.17) is 0 Å². The summed E-state index contributed by atoms with van der Waals surface area (Å²) in [7, 11) is 0. The maximum atomic E-state index is 2.49. The van der Waals surface area contributed by atoms with E-state index in [1.807, 2.05) is 0 Å². The van der Waals surface area contributed by atoms with Gasteiger partial charge in [0.1, 0.15) is 0 Å². The number of nitrogens with zero attached hydrogens (tertiary/aromatic N) is 1. The Morgan fingerprint density at radius 3 is 1.73 bits per heavy atom. The molecule has 0 bridgehead atoms. The van der Waals surface area contributed by atoms with E-state index >= 15 is 0 Å². The average Bonchev–Trinajstić information content (AvgIpc) is 3.85. The summed E-state index contributed by atoms with van der Waals surface area (Å²) in [6.45, 7) is 0. The van der Waals surface area contributed by atoms with E-state index in [0.29, 0.717) is 0 Å². The van der Waals surface area contributed by atoms with Gasteiger partial charge < -0.3 is 4.90 Å². The van der Waals surface area contributed by atoms with Gasteiger partial charge in [-0.15, -0.1) is 0 Å². The van der Waals surface area contributed by atoms with Gasteiger partial charge in [-0.1, -0.05) is 158 Å². The SMILES string of the molecule is C1=C(c2ccccc2)Cc2ccc(-c3cc4c(c(N(c5ccc(-c6ccccc6)cc5)c5ccc6ccccc6c5)c3)-c3cc5ccccc5cc3C4)cc21. The molecule has 0 atom stereocenters. The van der Waals surface area contributed by atoms with Crippen molar-refractivity contribution in [2.24, 2.45) is 0 Å². The molecule has 0 unspecified atom stereocenters. The molecule has 0 fully saturated rings. The highest BCUT2D eigenvalue weighted by atomic mass is 15.1. The first kappa shape index (κ1) is 31.6. The number of anilines is 3. The van der Waals surface area contributed by atoms with E-state index in [2.05, 4.69) is 205 Å². The summed E-state index contributed by atoms with van der Waals surface area (Å²) in [5.74, 6) is 0. The van der Waals surface area contributed by atoms with Crippen LogP contribution in [0.2, 0.25) is 0 Å². The molecule has 0 saturated heterocycles. The van der Waals surface area contributed by atoms with Crippen molar-refractivity contribution in [2.45, 2.75) is 12.8 Å². The van der Waals surface area contributed by atoms with Gasteiger partial charge in [-0.05, 0) is 138 Å². The summed E-state index contributed by atoms with van der Waals surface area (Å²) in [5.41, 5.74) is 19.2. The third-order valence-electron chi connectivity index (χ3n) is 11.6. The Balaban J connectivity index is 1.13. The normalized spacial score (nSPS) is 12.7. The van der Waals surface area contributed by atoms with Gasteiger partial charge in [0.25, 0.3) is 0 Å². The molecule has 9 aromatic rings. The van der Waals surface area contributed by atoms with Crippen molar-refractivity contribution < 1.29 is 0 Å². The van der Waals surface area contributed by atoms with Crippen molar-refractivity contribution in [1.82, 2.24) is 0 Å². The zero-order valence-corrected chi connectivity index (χ0v) is 30.4. The molecule has 258 valence electrons. The molecule has 0 saturated carbocycles. The lowest BCUT2D eigenvalue weighted by Crippen LogP contribution is -2.12. The van der Waals surface area contributed by atoms with Crippen LogP contribution in [0.4, 0.5) is 17.1 Å². The maximum absolute atomic E-state index is 2.49. The van der Waals surface area contributed by atoms with Crippen molar-refractivity contribution in [2.75, 3.05) is 4.90 Å². The van der Waals surface area contributed by atoms with Gasteiger partial charge in [0, 0.05) is 16.9 Å². The fourth-order valence-corrected chi connectivity index (χ4v) is 8.88. The number of allylic oxidation sites excluding steroid dienone is 1. The van der Waals surface area contributed by atoms with Crippen LogP contribution in [0.15, 0.2) is 194 Å². The smallest absolute Gasteiger partial charge is 0.0549 e. The van der Waals surface area contributed by atoms with Crippen molar-refractivity contribution in [3.05, 3.63) is 222 Å². The zero-order chi connectivity index (χ0) is 36.3. The topological polar surface area (TPSA) is 3.24 Å². The molecule has 0 heterocycles. The molecule has 11 rings (SSSR count). The van der Waals surface area contributed by atoms with Gasteiger partial charge in [-0.2, -0.15) is 0 Å². The number of fused-ring (bicyclic) bond motifs is 6. The van der Waals surface area contributed by atoms with E-state index in [-0.39, 0.29) is 0 Å². The molecule has 0 amide bonds. The lowest BCUT2D eigenvalue weighted by Gasteiger charge is -2.29. The second kappa shape index (κ2) is 12.9. The molecule has 0 aliphatic heterocycles. The molecular formula is C54H37N. The predicted octanol–water partition coefficient (Wildman–Crippen LogP) is 14.5. The third-order valence-corrected chi connectivity index (χ3v) is 11.6. The van der Waals surface area contributed by atoms with Crippen molar-refractivity contribution in [3.8, 4) is 33.4 Å². The Bertz CT molecular complexity index is 2950. The van der Waals surface area contributed by atoms with Gasteiger partial charge in [0.15, 0.2) is 0 Å². The molecule has 0 N–H and O–H groups in total. The molecule has 9 aromatic carbocycles. The van der Waals surface area contributed by atoms with E-state index in [1.165, 1.54) is 94.0 Å². The van der Waals surface area contributed by atoms with Gasteiger partial charge in [-0.25, -0.2) is 0 Å². The van der Waals surface area contributed by atoms with Crippen LogP contribution >= 0.6 is 0 Å². The Hall–Kier alpha value is -6.96. The van der Waals surface area contributed by atoms with Crippen LogP contribution < -0.4 is 4.90 Å². The average molecular weight is 700 g/mol. The van der Waals surface area contributed by atoms with E-state index < -0.39 is 0 Å². The zero-order valence-electron chi connectivity index (χ0n) is 30.4. The van der Waals surface area contributed by atoms with Crippen LogP contribution in [0.25, 0.3) is 66.6 Å². The summed E-state index contributed by atoms with van der Waals surface area (Å²) in [6.07, 6.45) is 4.25. The largest absolute Gasteiger partial charge is 0.310 e. The van der Waals surface area contributed by atoms with Crippen molar-refractivity contribution >= 4 is 50.3 Å². The Morgan fingerprint density at radius 1 is 0.345 bits per heavy atom. The Morgan fingerprint density at radius 2 is 0.964 bits per heavy atom. The Labute approximate surface area is 322 Å². The highest BCUT2D eigenvalue weighted by Crippen LogP contribution is 2.51. The summed E-state index contributed by atoms with van der Waals surface area (Å²) < 4.78 is 0. The highest BCUT2D eigenvalue weighted by Gasteiger charge is 2.28. The summed E-state index contributed by atoms with van der Waals surface area (Å²) >= 11 is 0. The number of rotatable bonds is 6. The monoisotopic (exact) mass is 699 g/mol. The second-order valence-corrected chi connectivity index (χ2v) is 15.0. The van der Waals surface area contributed by atoms with Crippen LogP contribution in [-0.4, -0.2) is 0 Å². The molecular weight excluding hydrogens is 663 g/mol. The van der Waals surface area contributed by atoms with E-state index in [0.717, 1.165) is 24.2 Å². The molecule has 55 heavy (non-hydrogen) atoms. The highest BCUT2D eigenvalue weighted by molar-refractivity contribution is 6.01. The van der Waals surface area contributed by atoms with Crippen molar-refractivity contribution in [3.63, 3.8) is 0 Å². The lowest BCUT2D eigenvalue weighted by atomic mass is 9.93. The first-order chi connectivity index (χ1) is 27.2. The predicted molar refractivity (Wildman–Crippen MR) is 233 cm³/mol. The van der Waals surface area contributed by atoms with Crippen LogP contribution in [0.1, 0.15) is 27.8 Å². The molecule has 0 aromatic heterocycles. The van der Waals surface area contributed by atoms with Crippen LogP contribution in [0.3, 0.4) is 0 Å². The first-order valence-electron chi connectivity index (χ1n) is 19.2. The summed E-state index contributed by atoms with van der Waals surface area (Å²) in [4.78, 5) is 2.49. The Kier molecular flexibility index (Phi) is 7.38. The molecule has 2 aliphatic rings. The molecule has 1 heteroatoms. The van der Waals surface area contributed by atoms with Crippen LogP contribution in [0.5, 0.6) is 0 Å². The van der Waals surface area contributed by atoms with Crippen LogP contribution in [0, 0.1) is 0 Å². The van der Waals surface area contributed by atoms with Gasteiger partial charge in [0.2, 0.25) is 0 Å². The van der Waals surface area contributed by atoms with Gasteiger partial charge in [-0.3, -0.25) is 0 Å². The molecule has 1 nitrogen and oxygen atoms in total. The van der Waals surface area contributed by atoms with E-state index in [1.54, 1.807) is 0 Å². The van der Waals surface area contributed by atoms with Crippen molar-refractivity contribution in [1.29, 1.82) is 0 Å². The fraction of sp³-hybridized carbons (Fsp3) is 0.0370. The van der Waals surface area contributed by atoms with Crippen LogP contribution in [-0.2, 0) is 12.8 Å². The minimum absolute atomic E-state index is 0.901. The summed E-state index contributed by atoms with van der Waals surface area (Å²) in [5, 5.41) is 5.03. The molecule has 0 radical (unpaired) electrons. The quantitative estimate of drug-likeness (QED) is 0.167. The first-order valence-corrected chi connectivity index (χ1v) is 19.2. The minimum Gasteiger partial charge on any atom is -0.310 e. The maximum Gasteiger partial charge on any atom is 0.0549 e. The molecule has 2 aliphatic carbocycles. The minimum atomic E-state index is 0.901. The lowest BCUT2D eigenvalue weighted by molar-refractivity contribution is 1.25. The number of hydrogen-bond donors (Lipinski definition) is 0.